The van der Waals surface area contributed by atoms with Gasteiger partial charge >= 0.3 is 0 Å². The molecule has 0 saturated carbocycles. The first-order chi connectivity index (χ1) is 12.6. The smallest absolute Gasteiger partial charge is 0.257 e. The van der Waals surface area contributed by atoms with E-state index in [0.29, 0.717) is 16.8 Å². The molecule has 0 aliphatic heterocycles. The third-order valence-corrected chi connectivity index (χ3v) is 3.67. The van der Waals surface area contributed by atoms with Crippen LogP contribution in [0.1, 0.15) is 26.3 Å². The summed E-state index contributed by atoms with van der Waals surface area (Å²) in [5, 5.41) is 5.55. The molecule has 0 radical (unpaired) electrons. The second kappa shape index (κ2) is 8.02. The van der Waals surface area contributed by atoms with Gasteiger partial charge in [0, 0.05) is 30.2 Å². The van der Waals surface area contributed by atoms with Crippen molar-refractivity contribution in [3.8, 4) is 0 Å². The molecule has 2 N–H and O–H groups in total. The van der Waals surface area contributed by atoms with Gasteiger partial charge in [0.15, 0.2) is 0 Å². The van der Waals surface area contributed by atoms with Crippen LogP contribution in [-0.2, 0) is 6.54 Å². The highest BCUT2D eigenvalue weighted by Gasteiger charge is 2.08. The number of hydrogen-bond acceptors (Lipinski definition) is 3. The van der Waals surface area contributed by atoms with E-state index in [-0.39, 0.29) is 18.4 Å². The Kier molecular flexibility index (Phi) is 5.34. The summed E-state index contributed by atoms with van der Waals surface area (Å²) in [7, 11) is 0. The molecule has 130 valence electrons. The van der Waals surface area contributed by atoms with E-state index in [9.17, 15) is 14.0 Å². The van der Waals surface area contributed by atoms with E-state index in [1.165, 1.54) is 30.5 Å². The number of halogens is 1. The maximum atomic E-state index is 12.9. The van der Waals surface area contributed by atoms with Crippen LogP contribution in [0.25, 0.3) is 0 Å². The normalized spacial score (nSPS) is 10.2. The molecule has 3 aromatic rings. The molecular formula is C20H16FN3O2. The largest absolute Gasteiger partial charge is 0.348 e. The molecule has 2 amide bonds. The van der Waals surface area contributed by atoms with Crippen LogP contribution in [0.3, 0.4) is 0 Å². The first-order valence-corrected chi connectivity index (χ1v) is 7.96. The minimum atomic E-state index is -0.390. The number of hydrogen-bond donors (Lipinski definition) is 2. The topological polar surface area (TPSA) is 71.1 Å². The highest BCUT2D eigenvalue weighted by Crippen LogP contribution is 2.12. The Balaban J connectivity index is 1.61. The number of nitrogens with one attached hydrogen (secondary N) is 2. The van der Waals surface area contributed by atoms with Crippen molar-refractivity contribution < 1.29 is 14.0 Å². The van der Waals surface area contributed by atoms with Gasteiger partial charge in [-0.2, -0.15) is 0 Å². The van der Waals surface area contributed by atoms with Gasteiger partial charge in [-0.3, -0.25) is 14.6 Å². The third kappa shape index (κ3) is 4.51. The van der Waals surface area contributed by atoms with Crippen LogP contribution >= 0.6 is 0 Å². The summed E-state index contributed by atoms with van der Waals surface area (Å²) < 4.78 is 12.9. The van der Waals surface area contributed by atoms with Crippen LogP contribution < -0.4 is 10.6 Å². The molecule has 1 heterocycles. The number of carbonyl (C=O) groups excluding carboxylic acids is 2. The van der Waals surface area contributed by atoms with Gasteiger partial charge in [0.25, 0.3) is 11.8 Å². The second-order valence-corrected chi connectivity index (χ2v) is 5.59. The third-order valence-electron chi connectivity index (χ3n) is 3.67. The zero-order valence-electron chi connectivity index (χ0n) is 13.8. The van der Waals surface area contributed by atoms with Crippen LogP contribution in [0.15, 0.2) is 73.1 Å². The Labute approximate surface area is 149 Å². The van der Waals surface area contributed by atoms with Crippen molar-refractivity contribution in [1.82, 2.24) is 10.3 Å². The van der Waals surface area contributed by atoms with Crippen LogP contribution in [0, 0.1) is 5.82 Å². The van der Waals surface area contributed by atoms with E-state index >= 15 is 0 Å². The van der Waals surface area contributed by atoms with E-state index in [4.69, 9.17) is 0 Å². The fourth-order valence-corrected chi connectivity index (χ4v) is 2.35. The minimum absolute atomic E-state index is 0.259. The summed E-state index contributed by atoms with van der Waals surface area (Å²) in [6.45, 7) is 0.285. The molecular weight excluding hydrogens is 333 g/mol. The molecule has 0 bridgehead atoms. The molecule has 0 unspecified atom stereocenters. The van der Waals surface area contributed by atoms with Crippen molar-refractivity contribution >= 4 is 17.5 Å². The van der Waals surface area contributed by atoms with E-state index < -0.39 is 5.82 Å². The van der Waals surface area contributed by atoms with E-state index in [1.807, 2.05) is 6.07 Å². The molecule has 0 aliphatic carbocycles. The maximum absolute atomic E-state index is 12.9. The van der Waals surface area contributed by atoms with Gasteiger partial charge in [0.2, 0.25) is 0 Å². The molecule has 1 aromatic heterocycles. The lowest BCUT2D eigenvalue weighted by atomic mass is 10.1. The Morgan fingerprint density at radius 1 is 0.923 bits per heavy atom. The molecule has 0 saturated heterocycles. The molecule has 3 rings (SSSR count). The van der Waals surface area contributed by atoms with Gasteiger partial charge < -0.3 is 10.6 Å². The molecule has 0 aliphatic rings. The zero-order valence-corrected chi connectivity index (χ0v) is 13.8. The van der Waals surface area contributed by atoms with E-state index in [2.05, 4.69) is 15.6 Å². The zero-order chi connectivity index (χ0) is 18.4. The number of benzene rings is 2. The first-order valence-electron chi connectivity index (χ1n) is 7.96. The Morgan fingerprint density at radius 2 is 1.73 bits per heavy atom. The van der Waals surface area contributed by atoms with E-state index in [1.54, 1.807) is 36.5 Å². The van der Waals surface area contributed by atoms with Gasteiger partial charge in [0.05, 0.1) is 5.56 Å². The molecule has 0 spiro atoms. The number of aromatic nitrogens is 1. The molecule has 2 aromatic carbocycles. The lowest BCUT2D eigenvalue weighted by molar-refractivity contribution is 0.0950. The number of nitrogens with zero attached hydrogens (tertiary/aromatic N) is 1. The predicted molar refractivity (Wildman–Crippen MR) is 96.2 cm³/mol. The van der Waals surface area contributed by atoms with Crippen LogP contribution in [0.4, 0.5) is 10.1 Å². The SMILES string of the molecule is O=C(NCc1cccc(NC(=O)c2cccnc2)c1)c1ccc(F)cc1. The lowest BCUT2D eigenvalue weighted by Gasteiger charge is -2.09. The summed E-state index contributed by atoms with van der Waals surface area (Å²) in [5.41, 5.74) is 2.28. The summed E-state index contributed by atoms with van der Waals surface area (Å²) in [6, 6.07) is 15.9. The molecule has 0 atom stereocenters. The molecule has 5 nitrogen and oxygen atoms in total. The summed E-state index contributed by atoms with van der Waals surface area (Å²) in [6.07, 6.45) is 3.09. The molecule has 0 fully saturated rings. The Hall–Kier alpha value is -3.54. The lowest BCUT2D eigenvalue weighted by Crippen LogP contribution is -2.22. The van der Waals surface area contributed by atoms with Crippen LogP contribution in [0.5, 0.6) is 0 Å². The predicted octanol–water partition coefficient (Wildman–Crippen LogP) is 3.40. The summed E-state index contributed by atoms with van der Waals surface area (Å²) in [5.74, 6) is -0.945. The fraction of sp³-hybridized carbons (Fsp3) is 0.0500. The van der Waals surface area contributed by atoms with Crippen molar-refractivity contribution in [2.24, 2.45) is 0 Å². The standard InChI is InChI=1S/C20H16FN3O2/c21-17-8-6-15(7-9-17)19(25)23-12-14-3-1-5-18(11-14)24-20(26)16-4-2-10-22-13-16/h1-11,13H,12H2,(H,23,25)(H,24,26). The van der Waals surface area contributed by atoms with Crippen molar-refractivity contribution in [3.05, 3.63) is 95.6 Å². The summed E-state index contributed by atoms with van der Waals surface area (Å²) in [4.78, 5) is 28.1. The number of carbonyl (C=O) groups is 2. The van der Waals surface area contributed by atoms with Crippen LogP contribution in [0.2, 0.25) is 0 Å². The quantitative estimate of drug-likeness (QED) is 0.742. The van der Waals surface area contributed by atoms with Gasteiger partial charge in [-0.1, -0.05) is 12.1 Å². The van der Waals surface area contributed by atoms with Gasteiger partial charge in [-0.15, -0.1) is 0 Å². The average Bonchev–Trinajstić information content (AvgIpc) is 2.67. The Morgan fingerprint density at radius 3 is 2.46 bits per heavy atom. The number of pyridine rings is 1. The monoisotopic (exact) mass is 349 g/mol. The van der Waals surface area contributed by atoms with Crippen molar-refractivity contribution in [2.75, 3.05) is 5.32 Å². The van der Waals surface area contributed by atoms with Crippen LogP contribution in [-0.4, -0.2) is 16.8 Å². The van der Waals surface area contributed by atoms with Crippen molar-refractivity contribution in [1.29, 1.82) is 0 Å². The van der Waals surface area contributed by atoms with Gasteiger partial charge in [-0.05, 0) is 54.1 Å². The van der Waals surface area contributed by atoms with Gasteiger partial charge in [-0.25, -0.2) is 4.39 Å². The van der Waals surface area contributed by atoms with Gasteiger partial charge in [0.1, 0.15) is 5.82 Å². The molecule has 26 heavy (non-hydrogen) atoms. The highest BCUT2D eigenvalue weighted by atomic mass is 19.1. The maximum Gasteiger partial charge on any atom is 0.257 e. The second-order valence-electron chi connectivity index (χ2n) is 5.59. The number of rotatable bonds is 5. The first kappa shape index (κ1) is 17.3. The number of amides is 2. The van der Waals surface area contributed by atoms with Crippen molar-refractivity contribution in [3.63, 3.8) is 0 Å². The highest BCUT2D eigenvalue weighted by molar-refractivity contribution is 6.04. The van der Waals surface area contributed by atoms with E-state index in [0.717, 1.165) is 5.56 Å². The fourth-order valence-electron chi connectivity index (χ4n) is 2.35. The van der Waals surface area contributed by atoms with Crippen molar-refractivity contribution in [2.45, 2.75) is 6.54 Å². The summed E-state index contributed by atoms with van der Waals surface area (Å²) >= 11 is 0. The Bertz CT molecular complexity index is 912. The number of anilines is 1. The minimum Gasteiger partial charge on any atom is -0.348 e. The average molecular weight is 349 g/mol. The molecule has 6 heteroatoms.